The molecule has 1 aliphatic heterocycles. The Bertz CT molecular complexity index is 885. The third-order valence-electron chi connectivity index (χ3n) is 4.56. The minimum Gasteiger partial charge on any atom is -0.497 e. The molecule has 2 atom stereocenters. The van der Waals surface area contributed by atoms with E-state index in [2.05, 4.69) is 10.5 Å². The highest BCUT2D eigenvalue weighted by Crippen LogP contribution is 2.19. The van der Waals surface area contributed by atoms with Crippen LogP contribution in [0, 0.1) is 0 Å². The molecular weight excluding hydrogens is 388 g/mol. The Kier molecular flexibility index (Phi) is 7.51. The summed E-state index contributed by atoms with van der Waals surface area (Å²) in [6.45, 7) is 0.0877. The van der Waals surface area contributed by atoms with Crippen LogP contribution < -0.4 is 19.5 Å². The molecule has 1 heterocycles. The molecule has 0 bridgehead atoms. The van der Waals surface area contributed by atoms with Gasteiger partial charge in [0.1, 0.15) is 30.0 Å². The minimum atomic E-state index is -0.862. The maximum Gasteiger partial charge on any atom is 0.264 e. The van der Waals surface area contributed by atoms with E-state index in [0.29, 0.717) is 24.3 Å². The first kappa shape index (κ1) is 21.4. The fourth-order valence-corrected chi connectivity index (χ4v) is 2.96. The molecule has 0 spiro atoms. The summed E-state index contributed by atoms with van der Waals surface area (Å²) < 4.78 is 15.9. The average molecular weight is 414 g/mol. The van der Waals surface area contributed by atoms with E-state index in [9.17, 15) is 9.90 Å². The number of aliphatic hydroxyl groups is 1. The number of hydrogen-bond donors (Lipinski definition) is 2. The first-order valence-corrected chi connectivity index (χ1v) is 9.64. The standard InChI is InChI=1S/C22H26N2O6/c1-27-18-6-3-5-15(10-18)9-16-11-21(30-24-16)22(26)23-13-17(25)14-29-20-8-4-7-19(12-20)28-2/h3-8,10,12,17,21,25H,9,11,13-14H2,1-2H3,(H,23,26)/t17-,21-/m0/s1. The van der Waals surface area contributed by atoms with E-state index < -0.39 is 12.2 Å². The second-order valence-corrected chi connectivity index (χ2v) is 6.87. The zero-order valence-corrected chi connectivity index (χ0v) is 17.0. The van der Waals surface area contributed by atoms with Gasteiger partial charge < -0.3 is 29.5 Å². The van der Waals surface area contributed by atoms with E-state index in [1.807, 2.05) is 24.3 Å². The Labute approximate surface area is 175 Å². The van der Waals surface area contributed by atoms with Gasteiger partial charge in [-0.2, -0.15) is 0 Å². The Morgan fingerprint density at radius 3 is 2.63 bits per heavy atom. The van der Waals surface area contributed by atoms with Crippen molar-refractivity contribution in [1.82, 2.24) is 5.32 Å². The quantitative estimate of drug-likeness (QED) is 0.617. The highest BCUT2D eigenvalue weighted by molar-refractivity contribution is 5.94. The van der Waals surface area contributed by atoms with Crippen molar-refractivity contribution in [2.75, 3.05) is 27.4 Å². The van der Waals surface area contributed by atoms with E-state index >= 15 is 0 Å². The molecule has 0 aromatic heterocycles. The number of nitrogens with zero attached hydrogens (tertiary/aromatic N) is 1. The molecule has 2 aromatic rings. The van der Waals surface area contributed by atoms with Gasteiger partial charge in [0, 0.05) is 25.5 Å². The molecule has 1 amide bonds. The number of carbonyl (C=O) groups excluding carboxylic acids is 1. The summed E-state index contributed by atoms with van der Waals surface area (Å²) in [6, 6.07) is 14.8. The maximum atomic E-state index is 12.3. The van der Waals surface area contributed by atoms with Crippen molar-refractivity contribution in [2.45, 2.75) is 25.0 Å². The largest absolute Gasteiger partial charge is 0.497 e. The van der Waals surface area contributed by atoms with E-state index in [1.165, 1.54) is 0 Å². The van der Waals surface area contributed by atoms with Crippen LogP contribution in [0.4, 0.5) is 0 Å². The van der Waals surface area contributed by atoms with Gasteiger partial charge in [-0.25, -0.2) is 0 Å². The summed E-state index contributed by atoms with van der Waals surface area (Å²) in [6.07, 6.45) is -0.576. The molecule has 1 aliphatic rings. The van der Waals surface area contributed by atoms with Crippen LogP contribution in [0.3, 0.4) is 0 Å². The number of hydrogen-bond acceptors (Lipinski definition) is 7. The third kappa shape index (κ3) is 6.12. The van der Waals surface area contributed by atoms with Gasteiger partial charge >= 0.3 is 0 Å². The molecule has 0 fully saturated rings. The molecule has 2 aromatic carbocycles. The summed E-state index contributed by atoms with van der Waals surface area (Å²) in [5.41, 5.74) is 1.81. The molecule has 30 heavy (non-hydrogen) atoms. The van der Waals surface area contributed by atoms with Gasteiger partial charge in [-0.15, -0.1) is 0 Å². The van der Waals surface area contributed by atoms with E-state index in [4.69, 9.17) is 19.0 Å². The predicted octanol–water partition coefficient (Wildman–Crippen LogP) is 1.95. The van der Waals surface area contributed by atoms with Crippen LogP contribution in [-0.2, 0) is 16.1 Å². The molecule has 8 nitrogen and oxygen atoms in total. The van der Waals surface area contributed by atoms with Gasteiger partial charge in [-0.1, -0.05) is 23.4 Å². The molecular formula is C22H26N2O6. The number of amides is 1. The number of oxime groups is 1. The molecule has 3 rings (SSSR count). The predicted molar refractivity (Wildman–Crippen MR) is 111 cm³/mol. The smallest absolute Gasteiger partial charge is 0.264 e. The summed E-state index contributed by atoms with van der Waals surface area (Å²) >= 11 is 0. The molecule has 8 heteroatoms. The second-order valence-electron chi connectivity index (χ2n) is 6.87. The van der Waals surface area contributed by atoms with Gasteiger partial charge in [-0.3, -0.25) is 4.79 Å². The van der Waals surface area contributed by atoms with Crippen LogP contribution in [0.5, 0.6) is 17.2 Å². The normalized spacial score (nSPS) is 16.2. The van der Waals surface area contributed by atoms with Gasteiger partial charge in [0.25, 0.3) is 5.91 Å². The Morgan fingerprint density at radius 1 is 1.17 bits per heavy atom. The van der Waals surface area contributed by atoms with Crippen molar-refractivity contribution in [3.8, 4) is 17.2 Å². The summed E-state index contributed by atoms with van der Waals surface area (Å²) in [5, 5.41) is 16.8. The second kappa shape index (κ2) is 10.5. The van der Waals surface area contributed by atoms with Crippen LogP contribution in [0.2, 0.25) is 0 Å². The molecule has 0 unspecified atom stereocenters. The number of benzene rings is 2. The summed E-state index contributed by atoms with van der Waals surface area (Å²) in [7, 11) is 3.19. The zero-order chi connectivity index (χ0) is 21.3. The number of carbonyl (C=O) groups is 1. The van der Waals surface area contributed by atoms with Crippen LogP contribution in [0.1, 0.15) is 12.0 Å². The summed E-state index contributed by atoms with van der Waals surface area (Å²) in [4.78, 5) is 17.6. The van der Waals surface area contributed by atoms with Crippen molar-refractivity contribution in [2.24, 2.45) is 5.16 Å². The lowest BCUT2D eigenvalue weighted by molar-refractivity contribution is -0.131. The molecule has 0 saturated carbocycles. The Hall–Kier alpha value is -3.26. The third-order valence-corrected chi connectivity index (χ3v) is 4.56. The van der Waals surface area contributed by atoms with Crippen molar-refractivity contribution in [1.29, 1.82) is 0 Å². The molecule has 2 N–H and O–H groups in total. The lowest BCUT2D eigenvalue weighted by atomic mass is 10.0. The average Bonchev–Trinajstić information content (AvgIpc) is 3.24. The highest BCUT2D eigenvalue weighted by Gasteiger charge is 2.28. The van der Waals surface area contributed by atoms with Crippen LogP contribution in [0.25, 0.3) is 0 Å². The van der Waals surface area contributed by atoms with Crippen LogP contribution >= 0.6 is 0 Å². The topological polar surface area (TPSA) is 98.6 Å². The Morgan fingerprint density at radius 2 is 1.87 bits per heavy atom. The van der Waals surface area contributed by atoms with Crippen molar-refractivity contribution < 1.29 is 28.9 Å². The summed E-state index contributed by atoms with van der Waals surface area (Å²) in [5.74, 6) is 1.69. The fourth-order valence-electron chi connectivity index (χ4n) is 2.96. The van der Waals surface area contributed by atoms with Gasteiger partial charge in [0.15, 0.2) is 0 Å². The van der Waals surface area contributed by atoms with Gasteiger partial charge in [0.2, 0.25) is 6.10 Å². The number of methoxy groups -OCH3 is 2. The Balaban J connectivity index is 1.39. The van der Waals surface area contributed by atoms with E-state index in [-0.39, 0.29) is 19.1 Å². The minimum absolute atomic E-state index is 0.0383. The highest BCUT2D eigenvalue weighted by atomic mass is 16.6. The van der Waals surface area contributed by atoms with E-state index in [0.717, 1.165) is 17.0 Å². The van der Waals surface area contributed by atoms with Gasteiger partial charge in [-0.05, 0) is 29.8 Å². The SMILES string of the molecule is COc1cccc(CC2=NO[C@H](C(=O)NC[C@H](O)COc3cccc(OC)c3)C2)c1. The number of ether oxygens (including phenoxy) is 3. The molecule has 0 radical (unpaired) electrons. The van der Waals surface area contributed by atoms with E-state index in [1.54, 1.807) is 38.5 Å². The molecule has 0 aliphatic carbocycles. The number of aliphatic hydroxyl groups excluding tert-OH is 1. The monoisotopic (exact) mass is 414 g/mol. The first-order chi connectivity index (χ1) is 14.6. The fraction of sp³-hybridized carbons (Fsp3) is 0.364. The van der Waals surface area contributed by atoms with Crippen LogP contribution in [-0.4, -0.2) is 56.3 Å². The lowest BCUT2D eigenvalue weighted by Crippen LogP contribution is -2.40. The molecule has 0 saturated heterocycles. The lowest BCUT2D eigenvalue weighted by Gasteiger charge is -2.15. The van der Waals surface area contributed by atoms with Crippen LogP contribution in [0.15, 0.2) is 53.7 Å². The number of rotatable bonds is 10. The van der Waals surface area contributed by atoms with Crippen molar-refractivity contribution in [3.63, 3.8) is 0 Å². The number of nitrogens with one attached hydrogen (secondary N) is 1. The zero-order valence-electron chi connectivity index (χ0n) is 17.0. The maximum absolute atomic E-state index is 12.3. The van der Waals surface area contributed by atoms with Gasteiger partial charge in [0.05, 0.1) is 19.9 Å². The molecule has 160 valence electrons. The van der Waals surface area contributed by atoms with Crippen molar-refractivity contribution in [3.05, 3.63) is 54.1 Å². The van der Waals surface area contributed by atoms with Crippen molar-refractivity contribution >= 4 is 11.6 Å². The first-order valence-electron chi connectivity index (χ1n) is 9.64.